The first kappa shape index (κ1) is 28.8. The minimum absolute atomic E-state index is 0.0981. The summed E-state index contributed by atoms with van der Waals surface area (Å²) in [7, 11) is -8.57. The number of anilines is 2. The van der Waals surface area contributed by atoms with Crippen molar-refractivity contribution in [3.05, 3.63) is 65.7 Å². The zero-order valence-electron chi connectivity index (χ0n) is 20.1. The highest BCUT2D eigenvalue weighted by atomic mass is 32.2. The van der Waals surface area contributed by atoms with Crippen molar-refractivity contribution in [2.75, 3.05) is 29.8 Å². The number of halogens is 4. The first-order valence-electron chi connectivity index (χ1n) is 10.8. The number of methoxy groups -OCH3 is 1. The zero-order chi connectivity index (χ0) is 28.3. The van der Waals surface area contributed by atoms with Crippen LogP contribution in [-0.4, -0.2) is 37.2 Å². The van der Waals surface area contributed by atoms with Crippen LogP contribution in [0.1, 0.15) is 13.8 Å². The highest BCUT2D eigenvalue weighted by Crippen LogP contribution is 2.33. The molecule has 0 radical (unpaired) electrons. The standard InChI is InChI=1S/C23H22F4N2O7S2/c1-4-35-13-8-16(24)22(17(25)9-13)28-37(30,31)15-6-7-20(34-3)21(12-15)38(32,33)29-23-18(26)10-14(36-5-2)11-19(23)27/h6-12,28-29H,4-5H2,1-3H3. The predicted octanol–water partition coefficient (Wildman–Crippen LogP) is 4.65. The second-order valence-electron chi connectivity index (χ2n) is 7.41. The second kappa shape index (κ2) is 11.3. The van der Waals surface area contributed by atoms with E-state index in [1.165, 1.54) is 0 Å². The Morgan fingerprint density at radius 2 is 1.11 bits per heavy atom. The summed E-state index contributed by atoms with van der Waals surface area (Å²) in [5, 5.41) is 0. The van der Waals surface area contributed by atoms with Crippen LogP contribution in [0.3, 0.4) is 0 Å². The monoisotopic (exact) mass is 578 g/mol. The summed E-state index contributed by atoms with van der Waals surface area (Å²) >= 11 is 0. The molecule has 3 aromatic carbocycles. The maximum Gasteiger partial charge on any atom is 0.265 e. The van der Waals surface area contributed by atoms with E-state index < -0.39 is 64.5 Å². The summed E-state index contributed by atoms with van der Waals surface area (Å²) < 4.78 is 128. The summed E-state index contributed by atoms with van der Waals surface area (Å²) in [6.07, 6.45) is 0. The Morgan fingerprint density at radius 1 is 0.684 bits per heavy atom. The highest BCUT2D eigenvalue weighted by Gasteiger charge is 2.28. The maximum atomic E-state index is 14.5. The van der Waals surface area contributed by atoms with E-state index >= 15 is 0 Å². The Kier molecular flexibility index (Phi) is 8.61. The Bertz CT molecular complexity index is 1520. The zero-order valence-corrected chi connectivity index (χ0v) is 21.8. The molecule has 0 heterocycles. The van der Waals surface area contributed by atoms with E-state index in [4.69, 9.17) is 14.2 Å². The molecule has 0 amide bonds. The number of hydrogen-bond acceptors (Lipinski definition) is 7. The van der Waals surface area contributed by atoms with E-state index in [9.17, 15) is 34.4 Å². The van der Waals surface area contributed by atoms with Gasteiger partial charge in [-0.25, -0.2) is 34.4 Å². The normalized spacial score (nSPS) is 11.7. The van der Waals surface area contributed by atoms with Crippen LogP contribution < -0.4 is 23.7 Å². The number of sulfonamides is 2. The molecule has 9 nitrogen and oxygen atoms in total. The molecule has 0 saturated heterocycles. The van der Waals surface area contributed by atoms with Crippen molar-refractivity contribution in [3.8, 4) is 17.2 Å². The van der Waals surface area contributed by atoms with Crippen LogP contribution in [0, 0.1) is 23.3 Å². The molecule has 0 unspecified atom stereocenters. The third kappa shape index (κ3) is 6.22. The first-order chi connectivity index (χ1) is 17.8. The van der Waals surface area contributed by atoms with Gasteiger partial charge in [0.2, 0.25) is 0 Å². The lowest BCUT2D eigenvalue weighted by Gasteiger charge is -2.16. The number of hydrogen-bond donors (Lipinski definition) is 2. The van der Waals surface area contributed by atoms with Gasteiger partial charge in [0.25, 0.3) is 20.0 Å². The topological polar surface area (TPSA) is 120 Å². The average molecular weight is 579 g/mol. The summed E-state index contributed by atoms with van der Waals surface area (Å²) in [6.45, 7) is 3.36. The van der Waals surface area contributed by atoms with Gasteiger partial charge in [0.1, 0.15) is 33.5 Å². The van der Waals surface area contributed by atoms with Crippen molar-refractivity contribution in [2.45, 2.75) is 23.6 Å². The molecule has 0 bridgehead atoms. The summed E-state index contributed by atoms with van der Waals surface area (Å²) in [5.74, 6) is -5.94. The SMILES string of the molecule is CCOc1cc(F)c(NS(=O)(=O)c2ccc(OC)c(S(=O)(=O)Nc3c(F)cc(OCC)cc3F)c2)c(F)c1. The van der Waals surface area contributed by atoms with Crippen molar-refractivity contribution in [2.24, 2.45) is 0 Å². The number of benzene rings is 3. The van der Waals surface area contributed by atoms with Crippen LogP contribution in [-0.2, 0) is 20.0 Å². The third-order valence-electron chi connectivity index (χ3n) is 4.86. The van der Waals surface area contributed by atoms with Gasteiger partial charge < -0.3 is 14.2 Å². The highest BCUT2D eigenvalue weighted by molar-refractivity contribution is 7.93. The molecule has 0 aromatic heterocycles. The molecule has 0 spiro atoms. The molecule has 0 saturated carbocycles. The van der Waals surface area contributed by atoms with Gasteiger partial charge in [-0.05, 0) is 32.0 Å². The number of ether oxygens (including phenoxy) is 3. The molecule has 3 rings (SSSR count). The molecular weight excluding hydrogens is 556 g/mol. The third-order valence-corrected chi connectivity index (χ3v) is 7.58. The first-order valence-corrected chi connectivity index (χ1v) is 13.8. The predicted molar refractivity (Wildman–Crippen MR) is 130 cm³/mol. The van der Waals surface area contributed by atoms with Gasteiger partial charge in [0.05, 0.1) is 25.2 Å². The Hall–Kier alpha value is -3.72. The lowest BCUT2D eigenvalue weighted by atomic mass is 10.3. The molecular formula is C23H22F4N2O7S2. The van der Waals surface area contributed by atoms with Crippen LogP contribution in [0.15, 0.2) is 52.3 Å². The van der Waals surface area contributed by atoms with Crippen molar-refractivity contribution >= 4 is 31.4 Å². The molecule has 2 N–H and O–H groups in total. The minimum Gasteiger partial charge on any atom is -0.495 e. The quantitative estimate of drug-likeness (QED) is 0.318. The molecule has 0 aliphatic carbocycles. The van der Waals surface area contributed by atoms with E-state index in [2.05, 4.69) is 0 Å². The van der Waals surface area contributed by atoms with Crippen molar-refractivity contribution in [1.29, 1.82) is 0 Å². The fraction of sp³-hybridized carbons (Fsp3) is 0.217. The van der Waals surface area contributed by atoms with E-state index in [-0.39, 0.29) is 30.5 Å². The Balaban J connectivity index is 2.01. The molecule has 206 valence electrons. The minimum atomic E-state index is -4.86. The lowest BCUT2D eigenvalue weighted by molar-refractivity contribution is 0.336. The smallest absolute Gasteiger partial charge is 0.265 e. The van der Waals surface area contributed by atoms with Gasteiger partial charge in [-0.1, -0.05) is 0 Å². The van der Waals surface area contributed by atoms with Crippen LogP contribution in [0.25, 0.3) is 0 Å². The summed E-state index contributed by atoms with van der Waals surface area (Å²) in [5.41, 5.74) is -2.09. The van der Waals surface area contributed by atoms with Crippen LogP contribution in [0.4, 0.5) is 28.9 Å². The maximum absolute atomic E-state index is 14.5. The number of rotatable bonds is 11. The fourth-order valence-electron chi connectivity index (χ4n) is 3.21. The Morgan fingerprint density at radius 3 is 1.50 bits per heavy atom. The molecule has 3 aromatic rings. The van der Waals surface area contributed by atoms with Crippen LogP contribution in [0.5, 0.6) is 17.2 Å². The van der Waals surface area contributed by atoms with Gasteiger partial charge in [-0.15, -0.1) is 0 Å². The fourth-order valence-corrected chi connectivity index (χ4v) is 5.66. The molecule has 15 heteroatoms. The van der Waals surface area contributed by atoms with Gasteiger partial charge >= 0.3 is 0 Å². The van der Waals surface area contributed by atoms with Gasteiger partial charge in [0.15, 0.2) is 23.3 Å². The largest absolute Gasteiger partial charge is 0.495 e. The van der Waals surface area contributed by atoms with E-state index in [0.29, 0.717) is 6.07 Å². The molecule has 38 heavy (non-hydrogen) atoms. The van der Waals surface area contributed by atoms with Crippen LogP contribution in [0.2, 0.25) is 0 Å². The Labute approximate surface area is 216 Å². The molecule has 0 fully saturated rings. The van der Waals surface area contributed by atoms with Crippen molar-refractivity contribution in [3.63, 3.8) is 0 Å². The number of nitrogens with one attached hydrogen (secondary N) is 2. The molecule has 0 aliphatic heterocycles. The van der Waals surface area contributed by atoms with Crippen molar-refractivity contribution < 1.29 is 48.6 Å². The van der Waals surface area contributed by atoms with E-state index in [0.717, 1.165) is 43.5 Å². The van der Waals surface area contributed by atoms with Crippen LogP contribution >= 0.6 is 0 Å². The van der Waals surface area contributed by atoms with Gasteiger partial charge in [-0.3, -0.25) is 9.44 Å². The van der Waals surface area contributed by atoms with Gasteiger partial charge in [0, 0.05) is 24.3 Å². The lowest BCUT2D eigenvalue weighted by Crippen LogP contribution is -2.19. The van der Waals surface area contributed by atoms with E-state index in [1.807, 2.05) is 0 Å². The average Bonchev–Trinajstić information content (AvgIpc) is 2.84. The summed E-state index contributed by atoms with van der Waals surface area (Å²) in [6, 6.07) is 5.48. The summed E-state index contributed by atoms with van der Waals surface area (Å²) in [4.78, 5) is -1.58. The molecule has 0 aliphatic rings. The van der Waals surface area contributed by atoms with Crippen molar-refractivity contribution in [1.82, 2.24) is 0 Å². The molecule has 0 atom stereocenters. The van der Waals surface area contributed by atoms with E-state index in [1.54, 1.807) is 23.3 Å². The second-order valence-corrected chi connectivity index (χ2v) is 10.7. The van der Waals surface area contributed by atoms with Gasteiger partial charge in [-0.2, -0.15) is 0 Å².